The van der Waals surface area contributed by atoms with Crippen molar-refractivity contribution in [3.63, 3.8) is 0 Å². The Kier molecular flexibility index (Phi) is 6.41. The largest absolute Gasteiger partial charge is 0.462 e. The van der Waals surface area contributed by atoms with E-state index in [0.717, 1.165) is 5.56 Å². The fourth-order valence-electron chi connectivity index (χ4n) is 2.73. The van der Waals surface area contributed by atoms with Crippen molar-refractivity contribution in [3.05, 3.63) is 71.1 Å². The maximum Gasteiger partial charge on any atom is 0.341 e. The van der Waals surface area contributed by atoms with E-state index in [9.17, 15) is 14.4 Å². The average Bonchev–Trinajstić information content (AvgIpc) is 3.12. The van der Waals surface area contributed by atoms with E-state index in [4.69, 9.17) is 9.47 Å². The number of hydrogen-bond donors (Lipinski definition) is 1. The minimum absolute atomic E-state index is 0.223. The molecular weight excluding hydrogens is 390 g/mol. The molecule has 2 aromatic carbocycles. The van der Waals surface area contributed by atoms with Crippen molar-refractivity contribution < 1.29 is 23.9 Å². The van der Waals surface area contributed by atoms with Crippen LogP contribution in [0.25, 0.3) is 11.1 Å². The topological polar surface area (TPSA) is 81.7 Å². The van der Waals surface area contributed by atoms with Crippen LogP contribution in [0.2, 0.25) is 0 Å². The molecule has 0 radical (unpaired) electrons. The number of thiophene rings is 1. The van der Waals surface area contributed by atoms with Gasteiger partial charge in [-0.05, 0) is 30.7 Å². The standard InChI is InChI=1S/C22H19NO5S/c1-3-27-22(26)19-18(15-8-5-4-6-9-15)13-29-21(19)23-20(25)16-10-7-11-17(12-16)28-14(2)24/h4-13H,3H2,1-2H3,(H,23,25). The number of ether oxygens (including phenoxy) is 2. The number of esters is 2. The molecule has 0 spiro atoms. The number of carbonyl (C=O) groups excluding carboxylic acids is 3. The molecule has 29 heavy (non-hydrogen) atoms. The minimum atomic E-state index is -0.503. The number of anilines is 1. The molecule has 0 aliphatic heterocycles. The summed E-state index contributed by atoms with van der Waals surface area (Å²) in [6, 6.07) is 15.7. The van der Waals surface area contributed by atoms with Crippen molar-refractivity contribution in [2.45, 2.75) is 13.8 Å². The Bertz CT molecular complexity index is 1040. The van der Waals surface area contributed by atoms with Crippen molar-refractivity contribution in [2.24, 2.45) is 0 Å². The van der Waals surface area contributed by atoms with Gasteiger partial charge in [0.05, 0.1) is 6.61 Å². The molecular formula is C22H19NO5S. The zero-order valence-electron chi connectivity index (χ0n) is 15.9. The summed E-state index contributed by atoms with van der Waals surface area (Å²) in [5.74, 6) is -1.13. The summed E-state index contributed by atoms with van der Waals surface area (Å²) < 4.78 is 10.2. The van der Waals surface area contributed by atoms with Crippen LogP contribution in [0.15, 0.2) is 60.0 Å². The molecule has 0 unspecified atom stereocenters. The van der Waals surface area contributed by atoms with Crippen LogP contribution in [0.4, 0.5) is 5.00 Å². The van der Waals surface area contributed by atoms with Crippen molar-refractivity contribution >= 4 is 34.2 Å². The molecule has 0 saturated carbocycles. The molecule has 6 nitrogen and oxygen atoms in total. The monoisotopic (exact) mass is 409 g/mol. The van der Waals surface area contributed by atoms with Gasteiger partial charge in [0, 0.05) is 23.4 Å². The summed E-state index contributed by atoms with van der Waals surface area (Å²) in [6.45, 7) is 3.24. The number of carbonyl (C=O) groups is 3. The molecule has 3 aromatic rings. The van der Waals surface area contributed by atoms with Crippen LogP contribution in [0.5, 0.6) is 5.75 Å². The summed E-state index contributed by atoms with van der Waals surface area (Å²) in [6.07, 6.45) is 0. The van der Waals surface area contributed by atoms with Gasteiger partial charge in [0.15, 0.2) is 0 Å². The summed E-state index contributed by atoms with van der Waals surface area (Å²) in [5.41, 5.74) is 2.16. The predicted octanol–water partition coefficient (Wildman–Crippen LogP) is 4.77. The molecule has 1 amide bonds. The van der Waals surface area contributed by atoms with Crippen LogP contribution in [0, 0.1) is 0 Å². The first-order chi connectivity index (χ1) is 14.0. The molecule has 3 rings (SSSR count). The van der Waals surface area contributed by atoms with E-state index in [2.05, 4.69) is 5.32 Å². The van der Waals surface area contributed by atoms with E-state index in [-0.39, 0.29) is 12.4 Å². The van der Waals surface area contributed by atoms with Gasteiger partial charge in [-0.3, -0.25) is 9.59 Å². The van der Waals surface area contributed by atoms with Crippen LogP contribution >= 0.6 is 11.3 Å². The van der Waals surface area contributed by atoms with Crippen LogP contribution < -0.4 is 10.1 Å². The highest BCUT2D eigenvalue weighted by Gasteiger charge is 2.23. The number of benzene rings is 2. The molecule has 7 heteroatoms. The maximum atomic E-state index is 12.7. The van der Waals surface area contributed by atoms with E-state index in [1.165, 1.54) is 24.3 Å². The van der Waals surface area contributed by atoms with Crippen LogP contribution in [0.1, 0.15) is 34.6 Å². The number of amides is 1. The second kappa shape index (κ2) is 9.16. The maximum absolute atomic E-state index is 12.7. The molecule has 0 saturated heterocycles. The van der Waals surface area contributed by atoms with Gasteiger partial charge in [-0.25, -0.2) is 4.79 Å². The third-order valence-electron chi connectivity index (χ3n) is 3.94. The first-order valence-electron chi connectivity index (χ1n) is 8.93. The first kappa shape index (κ1) is 20.3. The van der Waals surface area contributed by atoms with Gasteiger partial charge in [-0.1, -0.05) is 36.4 Å². The Hall–Kier alpha value is -3.45. The summed E-state index contributed by atoms with van der Waals surface area (Å²) in [4.78, 5) is 36.5. The molecule has 1 N–H and O–H groups in total. The molecule has 0 aliphatic rings. The predicted molar refractivity (Wildman–Crippen MR) is 111 cm³/mol. The zero-order valence-corrected chi connectivity index (χ0v) is 16.7. The fraction of sp³-hybridized carbons (Fsp3) is 0.136. The van der Waals surface area contributed by atoms with Gasteiger partial charge in [0.25, 0.3) is 5.91 Å². The van der Waals surface area contributed by atoms with Gasteiger partial charge in [0.1, 0.15) is 16.3 Å². The highest BCUT2D eigenvalue weighted by molar-refractivity contribution is 7.15. The van der Waals surface area contributed by atoms with E-state index >= 15 is 0 Å². The lowest BCUT2D eigenvalue weighted by Crippen LogP contribution is -2.15. The highest BCUT2D eigenvalue weighted by atomic mass is 32.1. The van der Waals surface area contributed by atoms with Crippen LogP contribution in [-0.4, -0.2) is 24.5 Å². The third kappa shape index (κ3) is 4.89. The quantitative estimate of drug-likeness (QED) is 0.468. The number of hydrogen-bond acceptors (Lipinski definition) is 6. The van der Waals surface area contributed by atoms with Crippen molar-refractivity contribution in [1.29, 1.82) is 0 Å². The van der Waals surface area contributed by atoms with Crippen LogP contribution in [-0.2, 0) is 9.53 Å². The van der Waals surface area contributed by atoms with Gasteiger partial charge >= 0.3 is 11.9 Å². The van der Waals surface area contributed by atoms with Crippen LogP contribution in [0.3, 0.4) is 0 Å². The van der Waals surface area contributed by atoms with Crippen molar-refractivity contribution in [3.8, 4) is 16.9 Å². The Morgan fingerprint density at radius 2 is 1.79 bits per heavy atom. The fourth-order valence-corrected chi connectivity index (χ4v) is 3.68. The normalized spacial score (nSPS) is 10.3. The van der Waals surface area contributed by atoms with E-state index < -0.39 is 17.8 Å². The second-order valence-corrected chi connectivity index (χ2v) is 6.90. The van der Waals surface area contributed by atoms with E-state index in [0.29, 0.717) is 21.7 Å². The van der Waals surface area contributed by atoms with Gasteiger partial charge in [0.2, 0.25) is 0 Å². The zero-order chi connectivity index (χ0) is 20.8. The van der Waals surface area contributed by atoms with Gasteiger partial charge < -0.3 is 14.8 Å². The molecule has 148 valence electrons. The first-order valence-corrected chi connectivity index (χ1v) is 9.81. The third-order valence-corrected chi connectivity index (χ3v) is 4.84. The van der Waals surface area contributed by atoms with Crippen molar-refractivity contribution in [2.75, 3.05) is 11.9 Å². The summed E-state index contributed by atoms with van der Waals surface area (Å²) in [7, 11) is 0. The Balaban J connectivity index is 1.93. The number of nitrogens with one attached hydrogen (secondary N) is 1. The lowest BCUT2D eigenvalue weighted by Gasteiger charge is -2.09. The molecule has 0 bridgehead atoms. The SMILES string of the molecule is CCOC(=O)c1c(-c2ccccc2)csc1NC(=O)c1cccc(OC(C)=O)c1. The smallest absolute Gasteiger partial charge is 0.341 e. The Morgan fingerprint density at radius 1 is 1.03 bits per heavy atom. The average molecular weight is 409 g/mol. The summed E-state index contributed by atoms with van der Waals surface area (Å²) >= 11 is 1.24. The summed E-state index contributed by atoms with van der Waals surface area (Å²) in [5, 5.41) is 4.98. The van der Waals surface area contributed by atoms with Gasteiger partial charge in [-0.15, -0.1) is 11.3 Å². The van der Waals surface area contributed by atoms with E-state index in [1.807, 2.05) is 35.7 Å². The van der Waals surface area contributed by atoms with E-state index in [1.54, 1.807) is 25.1 Å². The van der Waals surface area contributed by atoms with Gasteiger partial charge in [-0.2, -0.15) is 0 Å². The Morgan fingerprint density at radius 3 is 2.48 bits per heavy atom. The second-order valence-electron chi connectivity index (χ2n) is 6.02. The molecule has 1 aromatic heterocycles. The molecule has 0 aliphatic carbocycles. The molecule has 1 heterocycles. The molecule has 0 fully saturated rings. The van der Waals surface area contributed by atoms with Crippen molar-refractivity contribution in [1.82, 2.24) is 0 Å². The lowest BCUT2D eigenvalue weighted by molar-refractivity contribution is -0.131. The Labute approximate surface area is 172 Å². The number of rotatable bonds is 6. The molecule has 0 atom stereocenters. The highest BCUT2D eigenvalue weighted by Crippen LogP contribution is 2.36. The minimum Gasteiger partial charge on any atom is -0.462 e. The lowest BCUT2D eigenvalue weighted by atomic mass is 10.0.